The fourth-order valence-electron chi connectivity index (χ4n) is 3.72. The Hall–Kier alpha value is -3.13. The number of hydrogen-bond acceptors (Lipinski definition) is 4. The molecule has 0 saturated carbocycles. The Bertz CT molecular complexity index is 943. The Kier molecular flexibility index (Phi) is 5.00. The van der Waals surface area contributed by atoms with Gasteiger partial charge in [0.1, 0.15) is 0 Å². The fraction of sp³-hybridized carbons (Fsp3) is 0.318. The lowest BCUT2D eigenvalue weighted by atomic mass is 9.75. The van der Waals surface area contributed by atoms with Gasteiger partial charge in [-0.25, -0.2) is 4.99 Å². The average Bonchev–Trinajstić information content (AvgIpc) is 2.70. The van der Waals surface area contributed by atoms with Gasteiger partial charge >= 0.3 is 0 Å². The molecule has 0 bridgehead atoms. The van der Waals surface area contributed by atoms with Crippen LogP contribution >= 0.6 is 0 Å². The number of nitrogens with two attached hydrogens (primary N) is 1. The third kappa shape index (κ3) is 3.31. The van der Waals surface area contributed by atoms with Crippen molar-refractivity contribution in [1.82, 2.24) is 4.90 Å². The first-order valence-electron chi connectivity index (χ1n) is 9.14. The summed E-state index contributed by atoms with van der Waals surface area (Å²) in [6.07, 6.45) is 1.63. The van der Waals surface area contributed by atoms with Gasteiger partial charge in [0, 0.05) is 7.05 Å². The van der Waals surface area contributed by atoms with E-state index in [1.165, 1.54) is 4.90 Å². The summed E-state index contributed by atoms with van der Waals surface area (Å²) in [5.41, 5.74) is 8.84. The minimum absolute atomic E-state index is 0.00345. The monoisotopic (exact) mass is 360 g/mol. The molecule has 5 heteroatoms. The molecule has 3 rings (SSSR count). The molecule has 2 aromatic rings. The van der Waals surface area contributed by atoms with E-state index in [0.29, 0.717) is 5.56 Å². The van der Waals surface area contributed by atoms with E-state index in [4.69, 9.17) is 16.0 Å². The second kappa shape index (κ2) is 7.24. The summed E-state index contributed by atoms with van der Waals surface area (Å²) < 4.78 is 0. The summed E-state index contributed by atoms with van der Waals surface area (Å²) in [5, 5.41) is 9.16. The SMILES string of the molecule is CCC[C@@H]1C(=O)N(C)C(N)=N[C@]1(C)c1cccc(-c2cccc(C#N)c2)c1. The predicted molar refractivity (Wildman–Crippen MR) is 107 cm³/mol. The van der Waals surface area contributed by atoms with Gasteiger partial charge < -0.3 is 5.73 Å². The van der Waals surface area contributed by atoms with E-state index in [0.717, 1.165) is 29.5 Å². The number of hydrogen-bond donors (Lipinski definition) is 1. The van der Waals surface area contributed by atoms with Gasteiger partial charge in [-0.1, -0.05) is 43.7 Å². The lowest BCUT2D eigenvalue weighted by Crippen LogP contribution is -2.53. The summed E-state index contributed by atoms with van der Waals surface area (Å²) in [6, 6.07) is 17.7. The molecular formula is C22H24N4O. The molecule has 1 amide bonds. The van der Waals surface area contributed by atoms with Crippen molar-refractivity contribution in [2.24, 2.45) is 16.6 Å². The third-order valence-corrected chi connectivity index (χ3v) is 5.35. The van der Waals surface area contributed by atoms with Gasteiger partial charge in [-0.05, 0) is 48.2 Å². The van der Waals surface area contributed by atoms with Crippen LogP contribution in [0.15, 0.2) is 53.5 Å². The van der Waals surface area contributed by atoms with E-state index in [9.17, 15) is 4.79 Å². The fourth-order valence-corrected chi connectivity index (χ4v) is 3.72. The zero-order chi connectivity index (χ0) is 19.6. The van der Waals surface area contributed by atoms with Crippen LogP contribution in [0, 0.1) is 17.2 Å². The highest BCUT2D eigenvalue weighted by Crippen LogP contribution is 2.41. The van der Waals surface area contributed by atoms with Crippen LogP contribution in [0.5, 0.6) is 0 Å². The highest BCUT2D eigenvalue weighted by atomic mass is 16.2. The second-order valence-corrected chi connectivity index (χ2v) is 7.13. The van der Waals surface area contributed by atoms with E-state index in [2.05, 4.69) is 19.1 Å². The molecule has 2 atom stereocenters. The first kappa shape index (κ1) is 18.7. The summed E-state index contributed by atoms with van der Waals surface area (Å²) >= 11 is 0. The first-order chi connectivity index (χ1) is 12.9. The zero-order valence-electron chi connectivity index (χ0n) is 15.9. The van der Waals surface area contributed by atoms with Crippen LogP contribution < -0.4 is 5.73 Å². The number of guanidine groups is 1. The van der Waals surface area contributed by atoms with Crippen molar-refractivity contribution in [2.75, 3.05) is 7.05 Å². The molecule has 1 aliphatic rings. The van der Waals surface area contributed by atoms with Gasteiger partial charge in [0.15, 0.2) is 5.96 Å². The molecule has 0 fully saturated rings. The summed E-state index contributed by atoms with van der Waals surface area (Å²) in [5.74, 6) is -0.0176. The number of nitrogens with zero attached hydrogens (tertiary/aromatic N) is 3. The summed E-state index contributed by atoms with van der Waals surface area (Å²) in [4.78, 5) is 19.1. The van der Waals surface area contributed by atoms with Crippen LogP contribution in [0.25, 0.3) is 11.1 Å². The van der Waals surface area contributed by atoms with Crippen molar-refractivity contribution in [3.8, 4) is 17.2 Å². The number of benzene rings is 2. The molecule has 2 N–H and O–H groups in total. The second-order valence-electron chi connectivity index (χ2n) is 7.13. The molecule has 0 aromatic heterocycles. The number of nitriles is 1. The van der Waals surface area contributed by atoms with Crippen LogP contribution in [-0.4, -0.2) is 23.8 Å². The van der Waals surface area contributed by atoms with Crippen molar-refractivity contribution < 1.29 is 4.79 Å². The molecule has 5 nitrogen and oxygen atoms in total. The molecule has 0 spiro atoms. The maximum Gasteiger partial charge on any atom is 0.234 e. The summed E-state index contributed by atoms with van der Waals surface area (Å²) in [7, 11) is 1.67. The van der Waals surface area contributed by atoms with Crippen molar-refractivity contribution in [3.63, 3.8) is 0 Å². The average molecular weight is 360 g/mol. The molecular weight excluding hydrogens is 336 g/mol. The van der Waals surface area contributed by atoms with E-state index in [-0.39, 0.29) is 17.8 Å². The van der Waals surface area contributed by atoms with E-state index in [1.807, 2.05) is 43.3 Å². The Balaban J connectivity index is 2.11. The van der Waals surface area contributed by atoms with Crippen LogP contribution in [-0.2, 0) is 10.3 Å². The molecule has 0 radical (unpaired) electrons. The maximum atomic E-state index is 12.9. The zero-order valence-corrected chi connectivity index (χ0v) is 15.9. The standard InChI is InChI=1S/C22H24N4O/c1-4-7-19-20(27)26(3)21(24)25-22(19,2)18-11-6-10-17(13-18)16-9-5-8-15(12-16)14-23/h5-6,8-13,19H,4,7H2,1-3H3,(H2,24,25)/t19-,22-/m1/s1. The smallest absolute Gasteiger partial charge is 0.234 e. The van der Waals surface area contributed by atoms with Crippen LogP contribution in [0.3, 0.4) is 0 Å². The van der Waals surface area contributed by atoms with E-state index >= 15 is 0 Å². The van der Waals surface area contributed by atoms with Crippen LogP contribution in [0.1, 0.15) is 37.8 Å². The van der Waals surface area contributed by atoms with Crippen LogP contribution in [0.2, 0.25) is 0 Å². The largest absolute Gasteiger partial charge is 0.369 e. The number of amides is 1. The van der Waals surface area contributed by atoms with Crippen LogP contribution in [0.4, 0.5) is 0 Å². The van der Waals surface area contributed by atoms with Crippen molar-refractivity contribution in [2.45, 2.75) is 32.2 Å². The van der Waals surface area contributed by atoms with Gasteiger partial charge in [-0.15, -0.1) is 0 Å². The lowest BCUT2D eigenvalue weighted by Gasteiger charge is -2.40. The number of rotatable bonds is 4. The number of aliphatic imine (C=N–C) groups is 1. The Labute approximate surface area is 160 Å². The topological polar surface area (TPSA) is 82.5 Å². The molecule has 0 aliphatic carbocycles. The Morgan fingerprint density at radius 3 is 2.56 bits per heavy atom. The normalized spacial score (nSPS) is 22.3. The van der Waals surface area contributed by atoms with E-state index in [1.54, 1.807) is 13.1 Å². The summed E-state index contributed by atoms with van der Waals surface area (Å²) in [6.45, 7) is 4.05. The molecule has 2 aromatic carbocycles. The molecule has 1 heterocycles. The molecule has 0 unspecified atom stereocenters. The van der Waals surface area contributed by atoms with Crippen molar-refractivity contribution in [3.05, 3.63) is 59.7 Å². The van der Waals surface area contributed by atoms with Gasteiger partial charge in [-0.2, -0.15) is 5.26 Å². The number of carbonyl (C=O) groups excluding carboxylic acids is 1. The first-order valence-corrected chi connectivity index (χ1v) is 9.14. The van der Waals surface area contributed by atoms with Gasteiger partial charge in [-0.3, -0.25) is 9.69 Å². The minimum Gasteiger partial charge on any atom is -0.369 e. The van der Waals surface area contributed by atoms with Gasteiger partial charge in [0.05, 0.1) is 23.1 Å². The minimum atomic E-state index is -0.716. The third-order valence-electron chi connectivity index (χ3n) is 5.35. The maximum absolute atomic E-state index is 12.9. The van der Waals surface area contributed by atoms with Crippen molar-refractivity contribution in [1.29, 1.82) is 5.26 Å². The Morgan fingerprint density at radius 2 is 1.89 bits per heavy atom. The molecule has 1 aliphatic heterocycles. The molecule has 0 saturated heterocycles. The molecule has 138 valence electrons. The van der Waals surface area contributed by atoms with E-state index < -0.39 is 5.54 Å². The van der Waals surface area contributed by atoms with Gasteiger partial charge in [0.25, 0.3) is 0 Å². The lowest BCUT2D eigenvalue weighted by molar-refractivity contribution is -0.134. The predicted octanol–water partition coefficient (Wildman–Crippen LogP) is 3.64. The molecule has 27 heavy (non-hydrogen) atoms. The highest BCUT2D eigenvalue weighted by Gasteiger charge is 2.45. The Morgan fingerprint density at radius 1 is 1.22 bits per heavy atom. The highest BCUT2D eigenvalue weighted by molar-refractivity contribution is 6.00. The van der Waals surface area contributed by atoms with Gasteiger partial charge in [0.2, 0.25) is 5.91 Å². The quantitative estimate of drug-likeness (QED) is 0.903. The number of carbonyl (C=O) groups is 1. The van der Waals surface area contributed by atoms with Crippen molar-refractivity contribution >= 4 is 11.9 Å².